The molecule has 1 heterocycles. The summed E-state index contributed by atoms with van der Waals surface area (Å²) in [7, 11) is -3.77. The van der Waals surface area contributed by atoms with E-state index in [1.165, 1.54) is 12.1 Å². The van der Waals surface area contributed by atoms with Crippen LogP contribution in [0.5, 0.6) is 5.75 Å². The average molecular weight is 553 g/mol. The lowest BCUT2D eigenvalue weighted by molar-refractivity contribution is -0.123. The number of benzene rings is 3. The molecule has 4 aromatic rings. The van der Waals surface area contributed by atoms with E-state index in [9.17, 15) is 13.2 Å². The van der Waals surface area contributed by atoms with Crippen LogP contribution in [0.1, 0.15) is 16.7 Å². The monoisotopic (exact) mass is 552 g/mol. The van der Waals surface area contributed by atoms with Gasteiger partial charge in [-0.25, -0.2) is 8.42 Å². The molecule has 0 saturated carbocycles. The molecule has 4 rings (SSSR count). The third-order valence-electron chi connectivity index (χ3n) is 6.04. The van der Waals surface area contributed by atoms with Gasteiger partial charge in [-0.1, -0.05) is 17.7 Å². The van der Waals surface area contributed by atoms with Crippen molar-refractivity contribution in [1.82, 2.24) is 10.3 Å². The zero-order valence-electron chi connectivity index (χ0n) is 21.3. The van der Waals surface area contributed by atoms with Crippen molar-refractivity contribution in [2.24, 2.45) is 0 Å². The lowest BCUT2D eigenvalue weighted by atomic mass is 10.1. The van der Waals surface area contributed by atoms with Crippen LogP contribution in [0.15, 0.2) is 71.8 Å². The fourth-order valence-corrected chi connectivity index (χ4v) is 5.14. The number of fused-ring (bicyclic) bond motifs is 1. The Morgan fingerprint density at radius 1 is 0.921 bits per heavy atom. The van der Waals surface area contributed by atoms with E-state index in [0.29, 0.717) is 35.1 Å². The highest BCUT2D eigenvalue weighted by molar-refractivity contribution is 7.92. The molecule has 1 aromatic heterocycles. The number of hydrogen-bond acceptors (Lipinski definition) is 6. The van der Waals surface area contributed by atoms with Gasteiger partial charge in [0.25, 0.3) is 15.9 Å². The molecule has 0 unspecified atom stereocenters. The lowest BCUT2D eigenvalue weighted by Gasteiger charge is -2.13. The second kappa shape index (κ2) is 11.7. The largest absolute Gasteiger partial charge is 0.484 e. The maximum absolute atomic E-state index is 12.8. The van der Waals surface area contributed by atoms with E-state index in [2.05, 4.69) is 20.3 Å². The van der Waals surface area contributed by atoms with Crippen molar-refractivity contribution in [3.05, 3.63) is 88.6 Å². The highest BCUT2D eigenvalue weighted by Crippen LogP contribution is 2.25. The lowest BCUT2D eigenvalue weighted by Crippen LogP contribution is -2.32. The van der Waals surface area contributed by atoms with Crippen molar-refractivity contribution < 1.29 is 17.9 Å². The van der Waals surface area contributed by atoms with E-state index < -0.39 is 10.0 Å². The first-order valence-corrected chi connectivity index (χ1v) is 13.9. The highest BCUT2D eigenvalue weighted by atomic mass is 35.5. The molecule has 3 aromatic carbocycles. The van der Waals surface area contributed by atoms with E-state index in [1.54, 1.807) is 43.5 Å². The smallest absolute Gasteiger partial charge is 0.261 e. The summed E-state index contributed by atoms with van der Waals surface area (Å²) >= 11 is 6.03. The summed E-state index contributed by atoms with van der Waals surface area (Å²) < 4.78 is 33.9. The van der Waals surface area contributed by atoms with Gasteiger partial charge in [-0.15, -0.1) is 0 Å². The molecule has 0 aliphatic carbocycles. The quantitative estimate of drug-likeness (QED) is 0.233. The van der Waals surface area contributed by atoms with Gasteiger partial charge < -0.3 is 15.4 Å². The van der Waals surface area contributed by atoms with Gasteiger partial charge in [0.05, 0.1) is 10.4 Å². The van der Waals surface area contributed by atoms with Gasteiger partial charge in [-0.2, -0.15) is 0 Å². The molecule has 0 spiro atoms. The van der Waals surface area contributed by atoms with Crippen molar-refractivity contribution in [3.8, 4) is 5.75 Å². The van der Waals surface area contributed by atoms with E-state index in [-0.39, 0.29) is 17.4 Å². The number of carbonyl (C=O) groups is 1. The second-order valence-corrected chi connectivity index (χ2v) is 11.0. The third-order valence-corrected chi connectivity index (χ3v) is 7.66. The minimum absolute atomic E-state index is 0.113. The molecule has 0 bridgehead atoms. The summed E-state index contributed by atoms with van der Waals surface area (Å²) in [4.78, 5) is 16.7. The topological polar surface area (TPSA) is 109 Å². The normalized spacial score (nSPS) is 11.3. The number of nitrogens with zero attached hydrogens (tertiary/aromatic N) is 1. The number of sulfonamides is 1. The minimum Gasteiger partial charge on any atom is -0.484 e. The van der Waals surface area contributed by atoms with E-state index in [4.69, 9.17) is 16.3 Å². The number of anilines is 2. The van der Waals surface area contributed by atoms with Crippen LogP contribution in [0.3, 0.4) is 0 Å². The van der Waals surface area contributed by atoms with E-state index in [0.717, 1.165) is 27.7 Å². The Morgan fingerprint density at radius 3 is 2.50 bits per heavy atom. The molecule has 0 fully saturated rings. The summed E-state index contributed by atoms with van der Waals surface area (Å²) in [5, 5.41) is 7.65. The standard InChI is InChI=1S/C28H29ClN4O4S/c1-18-4-6-22(14-19(18)2)33-38(35,36)23-7-9-27(20(3)15-23)37-17-28(34)32-13-12-31-25-10-11-30-26-16-21(29)5-8-24(25)26/h4-11,14-16,33H,12-13,17H2,1-3H3,(H,30,31)(H,32,34). The number of nitrogens with one attached hydrogen (secondary N) is 3. The fourth-order valence-electron chi connectivity index (χ4n) is 3.84. The summed E-state index contributed by atoms with van der Waals surface area (Å²) in [6.45, 7) is 6.33. The van der Waals surface area contributed by atoms with Crippen LogP contribution in [0.2, 0.25) is 5.02 Å². The number of aromatic nitrogens is 1. The van der Waals surface area contributed by atoms with Crippen LogP contribution in [0.4, 0.5) is 11.4 Å². The number of hydrogen-bond donors (Lipinski definition) is 3. The van der Waals surface area contributed by atoms with Crippen molar-refractivity contribution in [3.63, 3.8) is 0 Å². The van der Waals surface area contributed by atoms with Crippen LogP contribution in [0.25, 0.3) is 10.9 Å². The first kappa shape index (κ1) is 27.2. The zero-order chi connectivity index (χ0) is 27.3. The number of ether oxygens (including phenoxy) is 1. The first-order valence-electron chi connectivity index (χ1n) is 12.0. The fraction of sp³-hybridized carbons (Fsp3) is 0.214. The first-order chi connectivity index (χ1) is 18.1. The Bertz CT molecular complexity index is 1590. The molecule has 198 valence electrons. The number of rotatable bonds is 10. The number of carbonyl (C=O) groups excluding carboxylic acids is 1. The van der Waals surface area contributed by atoms with Gasteiger partial charge in [0.15, 0.2) is 6.61 Å². The van der Waals surface area contributed by atoms with E-state index >= 15 is 0 Å². The van der Waals surface area contributed by atoms with Crippen molar-refractivity contribution in [2.45, 2.75) is 25.7 Å². The third kappa shape index (κ3) is 6.73. The van der Waals surface area contributed by atoms with Gasteiger partial charge in [-0.05, 0) is 92.1 Å². The maximum atomic E-state index is 12.8. The number of amides is 1. The molecule has 8 nitrogen and oxygen atoms in total. The SMILES string of the molecule is Cc1ccc(NS(=O)(=O)c2ccc(OCC(=O)NCCNc3ccnc4cc(Cl)ccc34)c(C)c2)cc1C. The molecule has 38 heavy (non-hydrogen) atoms. The van der Waals surface area contributed by atoms with Gasteiger partial charge in [0.2, 0.25) is 0 Å². The average Bonchev–Trinajstić information content (AvgIpc) is 2.87. The second-order valence-electron chi connectivity index (χ2n) is 8.92. The molecule has 1 amide bonds. The van der Waals surface area contributed by atoms with Crippen LogP contribution >= 0.6 is 11.6 Å². The van der Waals surface area contributed by atoms with Gasteiger partial charge >= 0.3 is 0 Å². The van der Waals surface area contributed by atoms with Crippen LogP contribution in [-0.2, 0) is 14.8 Å². The molecule has 0 atom stereocenters. The number of pyridine rings is 1. The highest BCUT2D eigenvalue weighted by Gasteiger charge is 2.16. The summed E-state index contributed by atoms with van der Waals surface area (Å²) in [6, 6.07) is 17.3. The Balaban J connectivity index is 1.27. The molecule has 0 saturated heterocycles. The summed E-state index contributed by atoms with van der Waals surface area (Å²) in [5.41, 5.74) is 4.87. The Kier molecular flexibility index (Phi) is 8.38. The Hall–Kier alpha value is -3.82. The van der Waals surface area contributed by atoms with Crippen LogP contribution in [-0.4, -0.2) is 39.0 Å². The van der Waals surface area contributed by atoms with Gasteiger partial charge in [0.1, 0.15) is 5.75 Å². The molecule has 0 aliphatic rings. The summed E-state index contributed by atoms with van der Waals surface area (Å²) in [6.07, 6.45) is 1.70. The molecule has 0 radical (unpaired) electrons. The predicted molar refractivity (Wildman–Crippen MR) is 152 cm³/mol. The van der Waals surface area contributed by atoms with Crippen molar-refractivity contribution in [1.29, 1.82) is 0 Å². The molecule has 10 heteroatoms. The van der Waals surface area contributed by atoms with Crippen molar-refractivity contribution in [2.75, 3.05) is 29.7 Å². The number of halogens is 1. The molecular weight excluding hydrogens is 524 g/mol. The maximum Gasteiger partial charge on any atom is 0.261 e. The predicted octanol–water partition coefficient (Wildman–Crippen LogP) is 5.22. The van der Waals surface area contributed by atoms with Crippen LogP contribution in [0, 0.1) is 20.8 Å². The number of aryl methyl sites for hydroxylation is 3. The molecular formula is C28H29ClN4O4S. The van der Waals surface area contributed by atoms with Crippen molar-refractivity contribution >= 4 is 49.8 Å². The molecule has 0 aliphatic heterocycles. The van der Waals surface area contributed by atoms with Crippen LogP contribution < -0.4 is 20.1 Å². The Morgan fingerprint density at radius 2 is 1.74 bits per heavy atom. The minimum atomic E-state index is -3.77. The molecule has 3 N–H and O–H groups in total. The Labute approximate surface area is 227 Å². The van der Waals surface area contributed by atoms with E-state index in [1.807, 2.05) is 32.0 Å². The summed E-state index contributed by atoms with van der Waals surface area (Å²) in [5.74, 6) is 0.149. The van der Waals surface area contributed by atoms with Gasteiger partial charge in [0, 0.05) is 41.1 Å². The zero-order valence-corrected chi connectivity index (χ0v) is 22.9. The van der Waals surface area contributed by atoms with Gasteiger partial charge in [-0.3, -0.25) is 14.5 Å².